The summed E-state index contributed by atoms with van der Waals surface area (Å²) in [5, 5.41) is 14.8. The number of hydrogen-bond acceptors (Lipinski definition) is 5. The average Bonchev–Trinajstić information content (AvgIpc) is 3.21. The van der Waals surface area contributed by atoms with E-state index in [0.29, 0.717) is 16.6 Å². The zero-order valence-electron chi connectivity index (χ0n) is 18.4. The first-order valence-electron chi connectivity index (χ1n) is 10.6. The van der Waals surface area contributed by atoms with Crippen molar-refractivity contribution in [2.75, 3.05) is 15.6 Å². The molecule has 1 unspecified atom stereocenters. The number of benzene rings is 3. The molecule has 172 valence electrons. The van der Waals surface area contributed by atoms with Gasteiger partial charge in [-0.15, -0.1) is 11.8 Å². The van der Waals surface area contributed by atoms with Gasteiger partial charge in [-0.2, -0.15) is 10.1 Å². The fourth-order valence-electron chi connectivity index (χ4n) is 3.20. The highest BCUT2D eigenvalue weighted by atomic mass is 32.2. The lowest BCUT2D eigenvalue weighted by atomic mass is 10.3. The van der Waals surface area contributed by atoms with Crippen molar-refractivity contribution in [2.45, 2.75) is 23.5 Å². The van der Waals surface area contributed by atoms with Crippen LogP contribution < -0.4 is 21.0 Å². The van der Waals surface area contributed by atoms with E-state index < -0.39 is 0 Å². The molecule has 3 aromatic carbocycles. The number of thiocarbonyl (C=S) groups is 1. The van der Waals surface area contributed by atoms with E-state index in [4.69, 9.17) is 12.2 Å². The van der Waals surface area contributed by atoms with Gasteiger partial charge in [0.15, 0.2) is 5.11 Å². The number of para-hydroxylation sites is 2. The average molecular weight is 490 g/mol. The highest BCUT2D eigenvalue weighted by Crippen LogP contribution is 2.25. The third kappa shape index (κ3) is 6.21. The number of nitrogens with one attached hydrogen (secondary N) is 3. The number of thioether (sulfide) groups is 1. The third-order valence-corrected chi connectivity index (χ3v) is 6.19. The second-order valence-electron chi connectivity index (χ2n) is 7.48. The lowest BCUT2D eigenvalue weighted by Gasteiger charge is -2.13. The molecule has 0 spiro atoms. The zero-order chi connectivity index (χ0) is 23.9. The Labute approximate surface area is 207 Å². The number of hydrazone groups is 1. The summed E-state index contributed by atoms with van der Waals surface area (Å²) in [4.78, 5) is 25.9. The standard InChI is InChI=1S/C25H23N5O2S2/c1-17(24(32)28-22-16-23(31)30(29-22)20-10-6-3-7-11-20)34-21-14-12-19(13-15-21)27-25(33)26-18-8-4-2-5-9-18/h2-15,17H,16H2,1H3,(H2,26,27,33)(H,28,29,32). The quantitative estimate of drug-likeness (QED) is 0.339. The van der Waals surface area contributed by atoms with Gasteiger partial charge in [0, 0.05) is 16.3 Å². The number of carbonyl (C=O) groups excluding carboxylic acids is 2. The van der Waals surface area contributed by atoms with Gasteiger partial charge in [0.2, 0.25) is 5.91 Å². The van der Waals surface area contributed by atoms with Gasteiger partial charge in [-0.25, -0.2) is 0 Å². The Balaban J connectivity index is 1.28. The molecule has 0 saturated heterocycles. The molecule has 7 nitrogen and oxygen atoms in total. The van der Waals surface area contributed by atoms with Gasteiger partial charge in [0.1, 0.15) is 5.84 Å². The van der Waals surface area contributed by atoms with Crippen LogP contribution in [0.1, 0.15) is 13.3 Å². The minimum Gasteiger partial charge on any atom is -0.332 e. The van der Waals surface area contributed by atoms with Crippen LogP contribution in [0.3, 0.4) is 0 Å². The van der Waals surface area contributed by atoms with Crippen LogP contribution in [-0.2, 0) is 9.59 Å². The molecule has 0 radical (unpaired) electrons. The topological polar surface area (TPSA) is 85.8 Å². The highest BCUT2D eigenvalue weighted by molar-refractivity contribution is 8.00. The molecule has 1 atom stereocenters. The first kappa shape index (κ1) is 23.5. The number of carbonyl (C=O) groups is 2. The summed E-state index contributed by atoms with van der Waals surface area (Å²) in [7, 11) is 0. The van der Waals surface area contributed by atoms with Crippen molar-refractivity contribution in [1.29, 1.82) is 0 Å². The second kappa shape index (κ2) is 11.0. The van der Waals surface area contributed by atoms with E-state index in [1.54, 1.807) is 12.1 Å². The normalized spacial score (nSPS) is 13.7. The second-order valence-corrected chi connectivity index (χ2v) is 9.31. The van der Waals surface area contributed by atoms with Crippen LogP contribution in [0.4, 0.5) is 17.1 Å². The van der Waals surface area contributed by atoms with Crippen LogP contribution in [0.5, 0.6) is 0 Å². The number of hydrogen-bond donors (Lipinski definition) is 3. The van der Waals surface area contributed by atoms with E-state index in [0.717, 1.165) is 16.3 Å². The minimum atomic E-state index is -0.372. The Morgan fingerprint density at radius 3 is 2.15 bits per heavy atom. The van der Waals surface area contributed by atoms with Crippen molar-refractivity contribution in [1.82, 2.24) is 5.32 Å². The predicted octanol–water partition coefficient (Wildman–Crippen LogP) is 4.84. The molecular weight excluding hydrogens is 466 g/mol. The Hall–Kier alpha value is -3.69. The third-order valence-electron chi connectivity index (χ3n) is 4.87. The Morgan fingerprint density at radius 1 is 0.912 bits per heavy atom. The van der Waals surface area contributed by atoms with Crippen molar-refractivity contribution in [3.8, 4) is 0 Å². The molecule has 9 heteroatoms. The van der Waals surface area contributed by atoms with Crippen LogP contribution >= 0.6 is 24.0 Å². The van der Waals surface area contributed by atoms with Gasteiger partial charge in [0.25, 0.3) is 5.91 Å². The maximum Gasteiger partial charge on any atom is 0.255 e. The van der Waals surface area contributed by atoms with E-state index in [-0.39, 0.29) is 23.5 Å². The molecule has 3 aromatic rings. The Kier molecular flexibility index (Phi) is 7.56. The van der Waals surface area contributed by atoms with Gasteiger partial charge < -0.3 is 16.0 Å². The molecule has 0 bridgehead atoms. The van der Waals surface area contributed by atoms with E-state index in [1.165, 1.54) is 16.8 Å². The highest BCUT2D eigenvalue weighted by Gasteiger charge is 2.27. The number of amides is 2. The number of anilines is 3. The molecule has 34 heavy (non-hydrogen) atoms. The van der Waals surface area contributed by atoms with E-state index in [2.05, 4.69) is 21.1 Å². The van der Waals surface area contributed by atoms with E-state index in [1.807, 2.05) is 79.7 Å². The van der Waals surface area contributed by atoms with E-state index in [9.17, 15) is 9.59 Å². The first-order chi connectivity index (χ1) is 16.5. The predicted molar refractivity (Wildman–Crippen MR) is 142 cm³/mol. The fourth-order valence-corrected chi connectivity index (χ4v) is 4.31. The number of rotatable bonds is 6. The molecule has 1 heterocycles. The van der Waals surface area contributed by atoms with Crippen molar-refractivity contribution < 1.29 is 9.59 Å². The monoisotopic (exact) mass is 489 g/mol. The molecule has 0 saturated carbocycles. The summed E-state index contributed by atoms with van der Waals surface area (Å²) < 4.78 is 0. The van der Waals surface area contributed by atoms with Gasteiger partial charge in [-0.3, -0.25) is 9.59 Å². The van der Waals surface area contributed by atoms with Gasteiger partial charge in [-0.1, -0.05) is 36.4 Å². The van der Waals surface area contributed by atoms with Crippen LogP contribution in [0.15, 0.2) is 94.9 Å². The molecule has 1 aliphatic heterocycles. The van der Waals surface area contributed by atoms with Crippen molar-refractivity contribution in [3.63, 3.8) is 0 Å². The van der Waals surface area contributed by atoms with Crippen molar-refractivity contribution in [2.24, 2.45) is 5.10 Å². The first-order valence-corrected chi connectivity index (χ1v) is 11.9. The van der Waals surface area contributed by atoms with Gasteiger partial charge in [0.05, 0.1) is 17.4 Å². The summed E-state index contributed by atoms with van der Waals surface area (Å²) in [6, 6.07) is 26.5. The van der Waals surface area contributed by atoms with Crippen molar-refractivity contribution in [3.05, 3.63) is 84.9 Å². The Bertz CT molecular complexity index is 1200. The number of nitrogens with zero attached hydrogens (tertiary/aromatic N) is 2. The summed E-state index contributed by atoms with van der Waals surface area (Å²) in [6.45, 7) is 1.82. The summed E-state index contributed by atoms with van der Waals surface area (Å²) >= 11 is 6.77. The smallest absolute Gasteiger partial charge is 0.255 e. The maximum absolute atomic E-state index is 12.7. The molecule has 1 aliphatic rings. The summed E-state index contributed by atoms with van der Waals surface area (Å²) in [5.74, 6) is -0.0308. The molecule has 4 rings (SSSR count). The van der Waals surface area contributed by atoms with Crippen LogP contribution in [-0.4, -0.2) is 28.0 Å². The molecule has 2 amide bonds. The molecule has 0 fully saturated rings. The molecule has 3 N–H and O–H groups in total. The zero-order valence-corrected chi connectivity index (χ0v) is 20.0. The maximum atomic E-state index is 12.7. The van der Waals surface area contributed by atoms with Crippen LogP contribution in [0.2, 0.25) is 0 Å². The lowest BCUT2D eigenvalue weighted by molar-refractivity contribution is -0.118. The molecular formula is C25H23N5O2S2. The largest absolute Gasteiger partial charge is 0.332 e. The number of amidine groups is 1. The lowest BCUT2D eigenvalue weighted by Crippen LogP contribution is -2.35. The fraction of sp³-hybridized carbons (Fsp3) is 0.120. The van der Waals surface area contributed by atoms with Crippen LogP contribution in [0.25, 0.3) is 0 Å². The van der Waals surface area contributed by atoms with E-state index >= 15 is 0 Å². The van der Waals surface area contributed by atoms with Crippen LogP contribution in [0, 0.1) is 0 Å². The minimum absolute atomic E-state index is 0.0648. The van der Waals surface area contributed by atoms with Gasteiger partial charge in [-0.05, 0) is 67.7 Å². The molecule has 0 aromatic heterocycles. The Morgan fingerprint density at radius 2 is 1.50 bits per heavy atom. The summed E-state index contributed by atoms with van der Waals surface area (Å²) in [6.07, 6.45) is 0.0648. The van der Waals surface area contributed by atoms with Crippen molar-refractivity contribution >= 4 is 63.8 Å². The summed E-state index contributed by atoms with van der Waals surface area (Å²) in [5.41, 5.74) is 2.42. The van der Waals surface area contributed by atoms with Gasteiger partial charge >= 0.3 is 0 Å². The SMILES string of the molecule is CC(Sc1ccc(NC(=S)Nc2ccccc2)cc1)C(=O)NC1=NN(c2ccccc2)C(=O)C1. The molecule has 0 aliphatic carbocycles.